The Bertz CT molecular complexity index is 1080. The number of halogens is 1. The molecule has 3 aromatic carbocycles. The second-order valence-electron chi connectivity index (χ2n) is 5.75. The van der Waals surface area contributed by atoms with Gasteiger partial charge >= 0.3 is 0 Å². The Morgan fingerprint density at radius 2 is 1.86 bits per heavy atom. The molecule has 8 heteroatoms. The van der Waals surface area contributed by atoms with E-state index >= 15 is 0 Å². The van der Waals surface area contributed by atoms with Crippen LogP contribution in [0.25, 0.3) is 0 Å². The predicted octanol–water partition coefficient (Wildman–Crippen LogP) is 4.43. The van der Waals surface area contributed by atoms with Crippen molar-refractivity contribution in [2.45, 2.75) is 0 Å². The average Bonchev–Trinajstić information content (AvgIpc) is 2.67. The molecule has 0 spiro atoms. The van der Waals surface area contributed by atoms with Crippen molar-refractivity contribution < 1.29 is 14.8 Å². The summed E-state index contributed by atoms with van der Waals surface area (Å²) in [6.07, 6.45) is 1.27. The molecule has 0 bridgehead atoms. The van der Waals surface area contributed by atoms with Crippen LogP contribution in [-0.4, -0.2) is 17.0 Å². The first kappa shape index (κ1) is 19.2. The molecule has 0 unspecified atom stereocenters. The quantitative estimate of drug-likeness (QED) is 0.360. The molecule has 0 aliphatic carbocycles. The molecule has 140 valence electrons. The van der Waals surface area contributed by atoms with E-state index in [-0.39, 0.29) is 22.9 Å². The number of carbonyl (C=O) groups is 1. The smallest absolute Gasteiger partial charge is 0.270 e. The van der Waals surface area contributed by atoms with Crippen LogP contribution in [0.3, 0.4) is 0 Å². The fourth-order valence-electron chi connectivity index (χ4n) is 2.39. The van der Waals surface area contributed by atoms with Gasteiger partial charge in [-0.05, 0) is 42.0 Å². The number of anilines is 1. The highest BCUT2D eigenvalue weighted by Gasteiger charge is 2.07. The van der Waals surface area contributed by atoms with E-state index in [0.29, 0.717) is 16.9 Å². The Balaban J connectivity index is 1.78. The van der Waals surface area contributed by atoms with Gasteiger partial charge in [-0.25, -0.2) is 0 Å². The van der Waals surface area contributed by atoms with Crippen molar-refractivity contribution in [3.8, 4) is 5.75 Å². The lowest BCUT2D eigenvalue weighted by atomic mass is 10.2. The molecular weight excluding hydrogens is 426 g/mol. The molecule has 3 rings (SSSR count). The van der Waals surface area contributed by atoms with E-state index in [0.717, 1.165) is 16.6 Å². The van der Waals surface area contributed by atoms with Gasteiger partial charge in [0.2, 0.25) is 0 Å². The van der Waals surface area contributed by atoms with Gasteiger partial charge in [0.15, 0.2) is 0 Å². The number of nitro groups is 1. The first-order valence-corrected chi connectivity index (χ1v) is 8.88. The standard InChI is InChI=1S/C20H14BrN3O4/c21-15-4-1-3-13(9-15)20(26)23-17-6-2-5-16(11-17)22-12-14-10-18(24(27)28)7-8-19(14)25/h1-12,25H,(H,23,26)/p-1. The van der Waals surface area contributed by atoms with Crippen LogP contribution < -0.4 is 10.4 Å². The predicted molar refractivity (Wildman–Crippen MR) is 108 cm³/mol. The summed E-state index contributed by atoms with van der Waals surface area (Å²) in [5.41, 5.74) is 1.43. The average molecular weight is 439 g/mol. The summed E-state index contributed by atoms with van der Waals surface area (Å²) in [5.74, 6) is -0.642. The molecule has 1 amide bonds. The fourth-order valence-corrected chi connectivity index (χ4v) is 2.79. The Hall–Kier alpha value is -3.52. The number of nitrogens with zero attached hydrogens (tertiary/aromatic N) is 2. The maximum absolute atomic E-state index is 12.3. The molecule has 3 aromatic rings. The highest BCUT2D eigenvalue weighted by molar-refractivity contribution is 9.10. The lowest BCUT2D eigenvalue weighted by Crippen LogP contribution is -2.11. The number of amides is 1. The zero-order valence-corrected chi connectivity index (χ0v) is 15.9. The zero-order valence-electron chi connectivity index (χ0n) is 14.3. The number of benzene rings is 3. The molecule has 0 atom stereocenters. The zero-order chi connectivity index (χ0) is 20.1. The minimum Gasteiger partial charge on any atom is -0.872 e. The summed E-state index contributed by atoms with van der Waals surface area (Å²) >= 11 is 3.32. The molecule has 0 fully saturated rings. The Labute approximate surface area is 168 Å². The lowest BCUT2D eigenvalue weighted by molar-refractivity contribution is -0.385. The second-order valence-corrected chi connectivity index (χ2v) is 6.67. The van der Waals surface area contributed by atoms with Crippen molar-refractivity contribution in [1.29, 1.82) is 0 Å². The number of nitrogens with one attached hydrogen (secondary N) is 1. The van der Waals surface area contributed by atoms with Crippen LogP contribution in [-0.2, 0) is 0 Å². The molecule has 0 aliphatic heterocycles. The van der Waals surface area contributed by atoms with E-state index < -0.39 is 4.92 Å². The monoisotopic (exact) mass is 438 g/mol. The van der Waals surface area contributed by atoms with Gasteiger partial charge in [-0.15, -0.1) is 0 Å². The minimum atomic E-state index is -0.575. The van der Waals surface area contributed by atoms with Gasteiger partial charge in [0, 0.05) is 34.1 Å². The Kier molecular flexibility index (Phi) is 5.81. The van der Waals surface area contributed by atoms with E-state index in [1.54, 1.807) is 42.5 Å². The normalized spacial score (nSPS) is 10.8. The number of carbonyl (C=O) groups excluding carboxylic acids is 1. The molecule has 0 radical (unpaired) electrons. The first-order chi connectivity index (χ1) is 13.4. The lowest BCUT2D eigenvalue weighted by Gasteiger charge is -2.09. The van der Waals surface area contributed by atoms with Crippen molar-refractivity contribution >= 4 is 45.1 Å². The SMILES string of the molecule is O=C(Nc1cccc(N=Cc2cc([N+](=O)[O-])ccc2[O-])c1)c1cccc(Br)c1. The maximum Gasteiger partial charge on any atom is 0.270 e. The van der Waals surface area contributed by atoms with Gasteiger partial charge < -0.3 is 10.4 Å². The third-order valence-corrected chi connectivity index (χ3v) is 4.24. The molecular formula is C20H13BrN3O4-. The van der Waals surface area contributed by atoms with Crippen LogP contribution in [0, 0.1) is 10.1 Å². The van der Waals surface area contributed by atoms with Crippen LogP contribution >= 0.6 is 15.9 Å². The molecule has 1 N–H and O–H groups in total. The van der Waals surface area contributed by atoms with Gasteiger partial charge in [-0.1, -0.05) is 39.9 Å². The number of rotatable bonds is 5. The van der Waals surface area contributed by atoms with Gasteiger partial charge in [0.25, 0.3) is 11.6 Å². The van der Waals surface area contributed by atoms with Crippen LogP contribution in [0.15, 0.2) is 76.2 Å². The minimum absolute atomic E-state index is 0.109. The van der Waals surface area contributed by atoms with E-state index in [2.05, 4.69) is 26.2 Å². The highest BCUT2D eigenvalue weighted by atomic mass is 79.9. The van der Waals surface area contributed by atoms with Crippen molar-refractivity contribution in [1.82, 2.24) is 0 Å². The summed E-state index contributed by atoms with van der Waals surface area (Å²) in [5, 5.41) is 25.5. The number of aliphatic imine (C=N–C) groups is 1. The topological polar surface area (TPSA) is 108 Å². The van der Waals surface area contributed by atoms with Gasteiger partial charge in [-0.3, -0.25) is 19.9 Å². The number of hydrogen-bond donors (Lipinski definition) is 1. The van der Waals surface area contributed by atoms with E-state index in [4.69, 9.17) is 0 Å². The van der Waals surface area contributed by atoms with Crippen molar-refractivity contribution in [3.63, 3.8) is 0 Å². The third kappa shape index (κ3) is 4.80. The highest BCUT2D eigenvalue weighted by Crippen LogP contribution is 2.22. The summed E-state index contributed by atoms with van der Waals surface area (Å²) in [7, 11) is 0. The van der Waals surface area contributed by atoms with Gasteiger partial charge in [-0.2, -0.15) is 0 Å². The second kappa shape index (κ2) is 8.45. The van der Waals surface area contributed by atoms with Crippen LogP contribution in [0.2, 0.25) is 0 Å². The molecule has 7 nitrogen and oxygen atoms in total. The maximum atomic E-state index is 12.3. The van der Waals surface area contributed by atoms with Crippen LogP contribution in [0.4, 0.5) is 17.1 Å². The molecule has 0 saturated heterocycles. The number of hydrogen-bond acceptors (Lipinski definition) is 5. The largest absolute Gasteiger partial charge is 0.872 e. The third-order valence-electron chi connectivity index (χ3n) is 3.75. The first-order valence-electron chi connectivity index (χ1n) is 8.09. The summed E-state index contributed by atoms with van der Waals surface area (Å²) < 4.78 is 0.795. The molecule has 0 aliphatic rings. The van der Waals surface area contributed by atoms with Crippen molar-refractivity contribution in [2.75, 3.05) is 5.32 Å². The summed E-state index contributed by atoms with van der Waals surface area (Å²) in [6, 6.07) is 17.2. The molecule has 0 aromatic heterocycles. The van der Waals surface area contributed by atoms with E-state index in [1.165, 1.54) is 12.3 Å². The summed E-state index contributed by atoms with van der Waals surface area (Å²) in [6.45, 7) is 0. The van der Waals surface area contributed by atoms with E-state index in [1.807, 2.05) is 6.07 Å². The Morgan fingerprint density at radius 1 is 1.07 bits per heavy atom. The molecule has 0 saturated carbocycles. The van der Waals surface area contributed by atoms with Crippen LogP contribution in [0.5, 0.6) is 5.75 Å². The van der Waals surface area contributed by atoms with Crippen LogP contribution in [0.1, 0.15) is 15.9 Å². The van der Waals surface area contributed by atoms with E-state index in [9.17, 15) is 20.0 Å². The number of non-ortho nitro benzene ring substituents is 1. The van der Waals surface area contributed by atoms with Gasteiger partial charge in [0.1, 0.15) is 0 Å². The summed E-state index contributed by atoms with van der Waals surface area (Å²) in [4.78, 5) is 26.8. The number of nitro benzene ring substituents is 1. The molecule has 0 heterocycles. The van der Waals surface area contributed by atoms with Crippen molar-refractivity contribution in [2.24, 2.45) is 4.99 Å². The fraction of sp³-hybridized carbons (Fsp3) is 0. The Morgan fingerprint density at radius 3 is 2.61 bits per heavy atom. The molecule has 28 heavy (non-hydrogen) atoms. The van der Waals surface area contributed by atoms with Crippen molar-refractivity contribution in [3.05, 3.63) is 92.4 Å². The van der Waals surface area contributed by atoms with Gasteiger partial charge in [0.05, 0.1) is 10.6 Å².